The molecule has 0 aromatic rings. The average molecular weight is 314 g/mol. The van der Waals surface area contributed by atoms with E-state index >= 15 is 0 Å². The van der Waals surface area contributed by atoms with E-state index in [0.717, 1.165) is 17.3 Å². The predicted octanol–water partition coefficient (Wildman–Crippen LogP) is 2.82. The van der Waals surface area contributed by atoms with Crippen molar-refractivity contribution in [3.8, 4) is 0 Å². The molecule has 0 aromatic carbocycles. The summed E-state index contributed by atoms with van der Waals surface area (Å²) in [5, 5.41) is 0. The summed E-state index contributed by atoms with van der Waals surface area (Å²) >= 11 is 3.46. The van der Waals surface area contributed by atoms with E-state index in [4.69, 9.17) is 9.47 Å². The molecule has 0 aromatic heterocycles. The molecule has 5 heteroatoms. The lowest BCUT2D eigenvalue weighted by Crippen LogP contribution is -2.33. The van der Waals surface area contributed by atoms with Crippen molar-refractivity contribution in [3.63, 3.8) is 0 Å². The van der Waals surface area contributed by atoms with Gasteiger partial charge in [0.2, 0.25) is 6.08 Å². The lowest BCUT2D eigenvalue weighted by Gasteiger charge is -2.31. The molecular formula is C13H16BrNO3. The Balaban J connectivity index is 1.77. The zero-order valence-corrected chi connectivity index (χ0v) is 11.7. The van der Waals surface area contributed by atoms with E-state index in [1.807, 2.05) is 6.08 Å². The standard InChI is InChI=1S/C13H16BrNO3/c14-9-6-11-12(7-10(9)15-8-16)18-13(17-11)4-2-1-3-5-13/h6,10-12H,1-5,7H2/t10-,11+,12-/m0/s1. The number of halogens is 1. The van der Waals surface area contributed by atoms with Crippen LogP contribution in [0.15, 0.2) is 15.6 Å². The number of hydrogen-bond donors (Lipinski definition) is 0. The average Bonchev–Trinajstić information content (AvgIpc) is 2.67. The minimum Gasteiger partial charge on any atom is -0.344 e. The topological polar surface area (TPSA) is 47.9 Å². The second kappa shape index (κ2) is 4.89. The number of carbonyl (C=O) groups excluding carboxylic acids is 1. The molecule has 3 aliphatic rings. The van der Waals surface area contributed by atoms with Crippen molar-refractivity contribution in [2.24, 2.45) is 4.99 Å². The molecule has 1 aliphatic heterocycles. The number of ether oxygens (including phenoxy) is 2. The Morgan fingerprint density at radius 1 is 1.33 bits per heavy atom. The summed E-state index contributed by atoms with van der Waals surface area (Å²) in [5.41, 5.74) is 0. The van der Waals surface area contributed by atoms with Crippen LogP contribution in [0.1, 0.15) is 38.5 Å². The Morgan fingerprint density at radius 3 is 2.83 bits per heavy atom. The van der Waals surface area contributed by atoms with Gasteiger partial charge in [-0.3, -0.25) is 0 Å². The van der Waals surface area contributed by atoms with E-state index in [1.165, 1.54) is 19.3 Å². The third-order valence-corrected chi connectivity index (χ3v) is 4.80. The van der Waals surface area contributed by atoms with Crippen LogP contribution in [0.2, 0.25) is 0 Å². The van der Waals surface area contributed by atoms with Gasteiger partial charge < -0.3 is 9.47 Å². The van der Waals surface area contributed by atoms with Crippen LogP contribution in [0.4, 0.5) is 0 Å². The van der Waals surface area contributed by atoms with Crippen molar-refractivity contribution < 1.29 is 14.3 Å². The van der Waals surface area contributed by atoms with Gasteiger partial charge in [0.05, 0.1) is 12.1 Å². The Kier molecular flexibility index (Phi) is 3.41. The van der Waals surface area contributed by atoms with Crippen LogP contribution in [-0.2, 0) is 14.3 Å². The fourth-order valence-corrected chi connectivity index (χ4v) is 3.67. The highest BCUT2D eigenvalue weighted by Crippen LogP contribution is 2.44. The van der Waals surface area contributed by atoms with E-state index in [2.05, 4.69) is 20.9 Å². The number of fused-ring (bicyclic) bond motifs is 1. The van der Waals surface area contributed by atoms with Gasteiger partial charge in [-0.1, -0.05) is 22.4 Å². The molecule has 1 spiro atoms. The number of nitrogens with zero attached hydrogens (tertiary/aromatic N) is 1. The maximum Gasteiger partial charge on any atom is 0.235 e. The first-order chi connectivity index (χ1) is 8.72. The Hall–Kier alpha value is -0.480. The zero-order valence-electron chi connectivity index (χ0n) is 10.1. The van der Waals surface area contributed by atoms with E-state index in [1.54, 1.807) is 6.08 Å². The molecule has 3 rings (SSSR count). The van der Waals surface area contributed by atoms with Crippen LogP contribution in [0, 0.1) is 0 Å². The third-order valence-electron chi connectivity index (χ3n) is 4.00. The molecule has 4 nitrogen and oxygen atoms in total. The van der Waals surface area contributed by atoms with Gasteiger partial charge in [0, 0.05) is 23.7 Å². The Labute approximate surface area is 115 Å². The molecule has 1 saturated heterocycles. The molecule has 2 aliphatic carbocycles. The lowest BCUT2D eigenvalue weighted by atomic mass is 9.94. The number of isocyanates is 1. The second-order valence-electron chi connectivity index (χ2n) is 5.23. The maximum absolute atomic E-state index is 10.4. The molecule has 1 saturated carbocycles. The maximum atomic E-state index is 10.4. The predicted molar refractivity (Wildman–Crippen MR) is 69.1 cm³/mol. The van der Waals surface area contributed by atoms with E-state index < -0.39 is 0 Å². The van der Waals surface area contributed by atoms with E-state index in [9.17, 15) is 4.79 Å². The molecule has 0 unspecified atom stereocenters. The van der Waals surface area contributed by atoms with Gasteiger partial charge >= 0.3 is 0 Å². The third kappa shape index (κ3) is 2.21. The molecule has 0 amide bonds. The summed E-state index contributed by atoms with van der Waals surface area (Å²) in [5.74, 6) is -0.378. The van der Waals surface area contributed by atoms with Crippen LogP contribution in [0.25, 0.3) is 0 Å². The van der Waals surface area contributed by atoms with Crippen molar-refractivity contribution in [2.75, 3.05) is 0 Å². The monoisotopic (exact) mass is 313 g/mol. The van der Waals surface area contributed by atoms with Crippen molar-refractivity contribution in [3.05, 3.63) is 10.6 Å². The largest absolute Gasteiger partial charge is 0.344 e. The van der Waals surface area contributed by atoms with E-state index in [0.29, 0.717) is 6.42 Å². The highest BCUT2D eigenvalue weighted by Gasteiger charge is 2.49. The lowest BCUT2D eigenvalue weighted by molar-refractivity contribution is -0.191. The molecule has 2 fully saturated rings. The van der Waals surface area contributed by atoms with Gasteiger partial charge in [-0.25, -0.2) is 4.79 Å². The number of rotatable bonds is 1. The van der Waals surface area contributed by atoms with Crippen molar-refractivity contribution in [2.45, 2.75) is 62.6 Å². The molecular weight excluding hydrogens is 298 g/mol. The molecule has 1 heterocycles. The van der Waals surface area contributed by atoms with Crippen LogP contribution in [-0.4, -0.2) is 30.1 Å². The van der Waals surface area contributed by atoms with Crippen LogP contribution in [0.3, 0.4) is 0 Å². The first-order valence-corrected chi connectivity index (χ1v) is 7.32. The summed E-state index contributed by atoms with van der Waals surface area (Å²) in [7, 11) is 0. The highest BCUT2D eigenvalue weighted by molar-refractivity contribution is 9.11. The summed E-state index contributed by atoms with van der Waals surface area (Å²) in [6.45, 7) is 0. The van der Waals surface area contributed by atoms with Crippen molar-refractivity contribution >= 4 is 22.0 Å². The molecule has 18 heavy (non-hydrogen) atoms. The quantitative estimate of drug-likeness (QED) is 0.552. The minimum absolute atomic E-state index is 0.00410. The van der Waals surface area contributed by atoms with Gasteiger partial charge in [-0.2, -0.15) is 4.99 Å². The first-order valence-electron chi connectivity index (χ1n) is 6.52. The fourth-order valence-electron chi connectivity index (χ4n) is 3.12. The van der Waals surface area contributed by atoms with Crippen LogP contribution < -0.4 is 0 Å². The highest BCUT2D eigenvalue weighted by atomic mass is 79.9. The zero-order chi connectivity index (χ0) is 12.6. The Morgan fingerprint density at radius 2 is 2.11 bits per heavy atom. The van der Waals surface area contributed by atoms with Crippen molar-refractivity contribution in [1.29, 1.82) is 0 Å². The van der Waals surface area contributed by atoms with Gasteiger partial charge in [-0.05, 0) is 18.9 Å². The molecule has 3 atom stereocenters. The Bertz CT molecular complexity index is 410. The molecule has 0 N–H and O–H groups in total. The molecule has 0 radical (unpaired) electrons. The minimum atomic E-state index is -0.378. The summed E-state index contributed by atoms with van der Waals surface area (Å²) < 4.78 is 13.2. The molecule has 98 valence electrons. The van der Waals surface area contributed by atoms with Gasteiger partial charge in [-0.15, -0.1) is 0 Å². The first kappa shape index (κ1) is 12.5. The number of hydrogen-bond acceptors (Lipinski definition) is 4. The summed E-state index contributed by atoms with van der Waals surface area (Å²) in [6, 6.07) is -0.161. The summed E-state index contributed by atoms with van der Waals surface area (Å²) in [6.07, 6.45) is 9.88. The van der Waals surface area contributed by atoms with Crippen molar-refractivity contribution in [1.82, 2.24) is 0 Å². The second-order valence-corrected chi connectivity index (χ2v) is 6.15. The van der Waals surface area contributed by atoms with Gasteiger partial charge in [0.1, 0.15) is 6.10 Å². The van der Waals surface area contributed by atoms with E-state index in [-0.39, 0.29) is 24.0 Å². The summed E-state index contributed by atoms with van der Waals surface area (Å²) in [4.78, 5) is 14.2. The van der Waals surface area contributed by atoms with Crippen LogP contribution in [0.5, 0.6) is 0 Å². The fraction of sp³-hybridized carbons (Fsp3) is 0.769. The van der Waals surface area contributed by atoms with Crippen LogP contribution >= 0.6 is 15.9 Å². The normalized spacial score (nSPS) is 37.8. The number of aliphatic imine (C=N–C) groups is 1. The smallest absolute Gasteiger partial charge is 0.235 e. The molecule has 0 bridgehead atoms. The van der Waals surface area contributed by atoms with Gasteiger partial charge in [0.25, 0.3) is 0 Å². The van der Waals surface area contributed by atoms with Gasteiger partial charge in [0.15, 0.2) is 5.79 Å². The SMILES string of the molecule is O=C=N[C@H]1C[C@@H]2OC3(CCCCC3)O[C@@H]2C=C1Br.